The predicted octanol–water partition coefficient (Wildman–Crippen LogP) is 0.486. The summed E-state index contributed by atoms with van der Waals surface area (Å²) < 4.78 is 0. The van der Waals surface area contributed by atoms with Crippen LogP contribution in [0.2, 0.25) is 0 Å². The third-order valence-corrected chi connectivity index (χ3v) is 2.56. The largest absolute Gasteiger partial charge is 0.340 e. The maximum atomic E-state index is 11.8. The van der Waals surface area contributed by atoms with Crippen molar-refractivity contribution in [3.63, 3.8) is 0 Å². The molecule has 14 heavy (non-hydrogen) atoms. The van der Waals surface area contributed by atoms with Crippen molar-refractivity contribution in [2.24, 2.45) is 11.1 Å². The van der Waals surface area contributed by atoms with Crippen LogP contribution in [-0.2, 0) is 4.79 Å². The molecule has 0 aromatic heterocycles. The Balaban J connectivity index is 2.66. The molecule has 1 heterocycles. The van der Waals surface area contributed by atoms with Gasteiger partial charge in [0.1, 0.15) is 5.41 Å². The first kappa shape index (κ1) is 11.0. The second kappa shape index (κ2) is 3.97. The molecule has 0 aromatic rings. The van der Waals surface area contributed by atoms with Crippen LogP contribution in [0.5, 0.6) is 0 Å². The van der Waals surface area contributed by atoms with Gasteiger partial charge in [0.15, 0.2) is 0 Å². The van der Waals surface area contributed by atoms with Crippen LogP contribution in [0, 0.1) is 16.7 Å². The lowest BCUT2D eigenvalue weighted by molar-refractivity contribution is -0.138. The Labute approximate surface area is 84.7 Å². The molecule has 4 heteroatoms. The molecule has 0 aliphatic carbocycles. The molecule has 4 nitrogen and oxygen atoms in total. The van der Waals surface area contributed by atoms with Crippen molar-refractivity contribution in [1.29, 1.82) is 5.26 Å². The maximum absolute atomic E-state index is 11.8. The molecule has 1 amide bonds. The zero-order valence-electron chi connectivity index (χ0n) is 8.79. The maximum Gasteiger partial charge on any atom is 0.242 e. The summed E-state index contributed by atoms with van der Waals surface area (Å²) in [6, 6.07) is 2.09. The van der Waals surface area contributed by atoms with Gasteiger partial charge in [0.25, 0.3) is 0 Å². The molecule has 1 aliphatic rings. The Morgan fingerprint density at radius 1 is 1.64 bits per heavy atom. The number of hydrogen-bond donors (Lipinski definition) is 1. The molecule has 1 atom stereocenters. The first-order valence-electron chi connectivity index (χ1n) is 4.93. The summed E-state index contributed by atoms with van der Waals surface area (Å²) >= 11 is 0. The molecule has 78 valence electrons. The highest BCUT2D eigenvalue weighted by molar-refractivity contribution is 5.84. The number of piperidine rings is 1. The Morgan fingerprint density at radius 2 is 2.29 bits per heavy atom. The molecule has 0 saturated carbocycles. The van der Waals surface area contributed by atoms with Crippen LogP contribution in [-0.4, -0.2) is 29.9 Å². The van der Waals surface area contributed by atoms with Crippen molar-refractivity contribution in [1.82, 2.24) is 4.90 Å². The minimum Gasteiger partial charge on any atom is -0.340 e. The van der Waals surface area contributed by atoms with Crippen molar-refractivity contribution < 1.29 is 4.79 Å². The summed E-state index contributed by atoms with van der Waals surface area (Å²) in [5, 5.41) is 8.83. The summed E-state index contributed by atoms with van der Waals surface area (Å²) in [6.07, 6.45) is 1.91. The number of rotatable bonds is 1. The van der Waals surface area contributed by atoms with E-state index < -0.39 is 5.41 Å². The highest BCUT2D eigenvalue weighted by Gasteiger charge is 2.33. The van der Waals surface area contributed by atoms with Crippen molar-refractivity contribution in [3.05, 3.63) is 0 Å². The van der Waals surface area contributed by atoms with Crippen molar-refractivity contribution >= 4 is 5.91 Å². The SMILES string of the molecule is CC(C)(C#N)C(=O)N1CCCC(N)C1. The number of nitriles is 1. The minimum absolute atomic E-state index is 0.0715. The molecule has 1 unspecified atom stereocenters. The number of nitrogens with zero attached hydrogens (tertiary/aromatic N) is 2. The van der Waals surface area contributed by atoms with Crippen LogP contribution >= 0.6 is 0 Å². The van der Waals surface area contributed by atoms with E-state index in [1.54, 1.807) is 18.7 Å². The van der Waals surface area contributed by atoms with Crippen molar-refractivity contribution in [2.75, 3.05) is 13.1 Å². The average Bonchev–Trinajstić information content (AvgIpc) is 2.16. The van der Waals surface area contributed by atoms with Crippen LogP contribution in [0.25, 0.3) is 0 Å². The molecule has 1 saturated heterocycles. The fraction of sp³-hybridized carbons (Fsp3) is 0.800. The summed E-state index contributed by atoms with van der Waals surface area (Å²) in [7, 11) is 0. The molecule has 1 rings (SSSR count). The molecule has 1 aliphatic heterocycles. The molecule has 0 bridgehead atoms. The van der Waals surface area contributed by atoms with Gasteiger partial charge in [-0.05, 0) is 26.7 Å². The second-order valence-electron chi connectivity index (χ2n) is 4.39. The Kier molecular flexibility index (Phi) is 3.12. The molecule has 0 spiro atoms. The number of likely N-dealkylation sites (tertiary alicyclic amines) is 1. The Bertz CT molecular complexity index is 267. The zero-order chi connectivity index (χ0) is 10.8. The van der Waals surface area contributed by atoms with E-state index in [2.05, 4.69) is 0 Å². The topological polar surface area (TPSA) is 70.1 Å². The van der Waals surface area contributed by atoms with E-state index >= 15 is 0 Å². The molecular formula is C10H17N3O. The highest BCUT2D eigenvalue weighted by atomic mass is 16.2. The Hall–Kier alpha value is -1.08. The lowest BCUT2D eigenvalue weighted by Gasteiger charge is -2.33. The van der Waals surface area contributed by atoms with Gasteiger partial charge in [0.2, 0.25) is 5.91 Å². The van der Waals surface area contributed by atoms with Gasteiger partial charge >= 0.3 is 0 Å². The molecule has 0 radical (unpaired) electrons. The predicted molar refractivity (Wildman–Crippen MR) is 53.2 cm³/mol. The quantitative estimate of drug-likeness (QED) is 0.661. The van der Waals surface area contributed by atoms with E-state index in [0.29, 0.717) is 6.54 Å². The van der Waals surface area contributed by atoms with E-state index in [1.165, 1.54) is 0 Å². The van der Waals surface area contributed by atoms with E-state index in [-0.39, 0.29) is 11.9 Å². The highest BCUT2D eigenvalue weighted by Crippen LogP contribution is 2.20. The number of nitrogens with two attached hydrogens (primary N) is 1. The summed E-state index contributed by atoms with van der Waals surface area (Å²) in [4.78, 5) is 13.6. The fourth-order valence-electron chi connectivity index (χ4n) is 1.64. The van der Waals surface area contributed by atoms with Crippen LogP contribution < -0.4 is 5.73 Å². The smallest absolute Gasteiger partial charge is 0.242 e. The third kappa shape index (κ3) is 2.24. The number of hydrogen-bond acceptors (Lipinski definition) is 3. The van der Waals surface area contributed by atoms with E-state index in [0.717, 1.165) is 19.4 Å². The van der Waals surface area contributed by atoms with Crippen LogP contribution in [0.1, 0.15) is 26.7 Å². The van der Waals surface area contributed by atoms with Gasteiger partial charge in [-0.2, -0.15) is 5.26 Å². The second-order valence-corrected chi connectivity index (χ2v) is 4.39. The van der Waals surface area contributed by atoms with Crippen LogP contribution in [0.3, 0.4) is 0 Å². The summed E-state index contributed by atoms with van der Waals surface area (Å²) in [6.45, 7) is 4.62. The fourth-order valence-corrected chi connectivity index (χ4v) is 1.64. The average molecular weight is 195 g/mol. The van der Waals surface area contributed by atoms with Gasteiger partial charge in [0.05, 0.1) is 6.07 Å². The molecule has 2 N–H and O–H groups in total. The lowest BCUT2D eigenvalue weighted by Crippen LogP contribution is -2.49. The van der Waals surface area contributed by atoms with Crippen molar-refractivity contribution in [3.8, 4) is 6.07 Å². The number of carbonyl (C=O) groups is 1. The minimum atomic E-state index is -0.920. The van der Waals surface area contributed by atoms with Gasteiger partial charge in [-0.1, -0.05) is 0 Å². The van der Waals surface area contributed by atoms with E-state index in [9.17, 15) is 4.79 Å². The summed E-state index contributed by atoms with van der Waals surface area (Å²) in [5.41, 5.74) is 4.85. The Morgan fingerprint density at radius 3 is 2.79 bits per heavy atom. The van der Waals surface area contributed by atoms with Gasteiger partial charge in [-0.25, -0.2) is 0 Å². The van der Waals surface area contributed by atoms with E-state index in [4.69, 9.17) is 11.0 Å². The molecule has 0 aromatic carbocycles. The monoisotopic (exact) mass is 195 g/mol. The van der Waals surface area contributed by atoms with Crippen LogP contribution in [0.4, 0.5) is 0 Å². The van der Waals surface area contributed by atoms with Crippen molar-refractivity contribution in [2.45, 2.75) is 32.7 Å². The standard InChI is InChI=1S/C10H17N3O/c1-10(2,7-11)9(14)13-5-3-4-8(12)6-13/h8H,3-6,12H2,1-2H3. The zero-order valence-corrected chi connectivity index (χ0v) is 8.79. The van der Waals surface area contributed by atoms with Gasteiger partial charge < -0.3 is 10.6 Å². The number of carbonyl (C=O) groups excluding carboxylic acids is 1. The van der Waals surface area contributed by atoms with Crippen LogP contribution in [0.15, 0.2) is 0 Å². The summed E-state index contributed by atoms with van der Waals surface area (Å²) in [5.74, 6) is -0.102. The normalized spacial score (nSPS) is 23.0. The number of amides is 1. The molecule has 1 fully saturated rings. The first-order valence-corrected chi connectivity index (χ1v) is 4.93. The van der Waals surface area contributed by atoms with Gasteiger partial charge in [-0.15, -0.1) is 0 Å². The van der Waals surface area contributed by atoms with E-state index in [1.807, 2.05) is 6.07 Å². The molecular weight excluding hydrogens is 178 g/mol. The first-order chi connectivity index (χ1) is 6.47. The third-order valence-electron chi connectivity index (χ3n) is 2.56. The van der Waals surface area contributed by atoms with Gasteiger partial charge in [0, 0.05) is 19.1 Å². The lowest BCUT2D eigenvalue weighted by atomic mass is 9.92. The van der Waals surface area contributed by atoms with Gasteiger partial charge in [-0.3, -0.25) is 4.79 Å².